The Bertz CT molecular complexity index is 578. The van der Waals surface area contributed by atoms with Crippen molar-refractivity contribution in [2.45, 2.75) is 44.0 Å². The zero-order valence-corrected chi connectivity index (χ0v) is 12.0. The van der Waals surface area contributed by atoms with Crippen LogP contribution >= 0.6 is 0 Å². The van der Waals surface area contributed by atoms with E-state index in [9.17, 15) is 8.42 Å². The van der Waals surface area contributed by atoms with Gasteiger partial charge in [0.25, 0.3) is 10.1 Å². The molecule has 0 aliphatic carbocycles. The van der Waals surface area contributed by atoms with Crippen LogP contribution in [-0.2, 0) is 15.5 Å². The van der Waals surface area contributed by atoms with Gasteiger partial charge in [-0.1, -0.05) is 13.8 Å². The second kappa shape index (κ2) is 3.96. The molecule has 1 unspecified atom stereocenters. The molecule has 18 heavy (non-hydrogen) atoms. The molecule has 1 aliphatic heterocycles. The maximum absolute atomic E-state index is 11.2. The third-order valence-corrected chi connectivity index (χ3v) is 4.97. The quantitative estimate of drug-likeness (QED) is 0.838. The van der Waals surface area contributed by atoms with Crippen LogP contribution in [0.2, 0.25) is 0 Å². The van der Waals surface area contributed by atoms with Crippen LogP contribution in [0.5, 0.6) is 0 Å². The van der Waals surface area contributed by atoms with Crippen molar-refractivity contribution < 1.29 is 13.0 Å². The molecule has 0 saturated heterocycles. The first-order valence-corrected chi connectivity index (χ1v) is 7.52. The van der Waals surface area contributed by atoms with Crippen molar-refractivity contribution in [2.24, 2.45) is 0 Å². The monoisotopic (exact) mass is 269 g/mol. The largest absolute Gasteiger partial charge is 0.368 e. The summed E-state index contributed by atoms with van der Waals surface area (Å²) in [4.78, 5) is 2.22. The van der Waals surface area contributed by atoms with Crippen LogP contribution in [0, 0.1) is 0 Å². The number of likely N-dealkylation sites (N-methyl/N-ethyl adjacent to an activating group) is 1. The van der Waals surface area contributed by atoms with Crippen LogP contribution < -0.4 is 4.90 Å². The molecule has 1 heterocycles. The molecule has 1 atom stereocenters. The third-order valence-electron chi connectivity index (χ3n) is 4.12. The lowest BCUT2D eigenvalue weighted by molar-refractivity contribution is 0.444. The van der Waals surface area contributed by atoms with Crippen molar-refractivity contribution in [3.8, 4) is 0 Å². The Kier molecular flexibility index (Phi) is 2.94. The van der Waals surface area contributed by atoms with Crippen molar-refractivity contribution in [1.29, 1.82) is 0 Å². The molecule has 1 aromatic rings. The fourth-order valence-corrected chi connectivity index (χ4v) is 3.22. The average molecular weight is 269 g/mol. The van der Waals surface area contributed by atoms with Crippen molar-refractivity contribution in [2.75, 3.05) is 11.4 Å². The third kappa shape index (κ3) is 1.82. The highest BCUT2D eigenvalue weighted by atomic mass is 32.2. The zero-order valence-electron chi connectivity index (χ0n) is 11.1. The number of hydrogen-bond acceptors (Lipinski definition) is 3. The molecule has 0 bridgehead atoms. The standard InChI is InChI=1S/C13H19NO3S/c1-5-14-9(2)13(3,4)11-8-10(18(15,16)17)6-7-12(11)14/h6-9H,5H2,1-4H3,(H,15,16,17). The van der Waals surface area contributed by atoms with Gasteiger partial charge in [0.2, 0.25) is 0 Å². The van der Waals surface area contributed by atoms with Gasteiger partial charge in [0.05, 0.1) is 4.90 Å². The molecule has 100 valence electrons. The molecule has 0 fully saturated rings. The summed E-state index contributed by atoms with van der Waals surface area (Å²) in [5.41, 5.74) is 1.90. The van der Waals surface area contributed by atoms with E-state index in [1.54, 1.807) is 12.1 Å². The molecule has 1 aromatic carbocycles. The zero-order chi connectivity index (χ0) is 13.7. The Hall–Kier alpha value is -1.07. The highest BCUT2D eigenvalue weighted by Crippen LogP contribution is 2.45. The van der Waals surface area contributed by atoms with Crippen LogP contribution in [-0.4, -0.2) is 25.6 Å². The smallest absolute Gasteiger partial charge is 0.294 e. The molecule has 0 aromatic heterocycles. The minimum atomic E-state index is -4.13. The SMILES string of the molecule is CCN1c2ccc(S(=O)(=O)O)cc2C(C)(C)C1C. The highest BCUT2D eigenvalue weighted by Gasteiger charge is 2.41. The van der Waals surface area contributed by atoms with E-state index in [-0.39, 0.29) is 10.3 Å². The van der Waals surface area contributed by atoms with E-state index in [1.165, 1.54) is 6.07 Å². The Morgan fingerprint density at radius 3 is 2.50 bits per heavy atom. The molecular formula is C13H19NO3S. The highest BCUT2D eigenvalue weighted by molar-refractivity contribution is 7.85. The number of nitrogens with zero attached hydrogens (tertiary/aromatic N) is 1. The second-order valence-electron chi connectivity index (χ2n) is 5.34. The fourth-order valence-electron chi connectivity index (χ4n) is 2.71. The number of benzene rings is 1. The van der Waals surface area contributed by atoms with Crippen molar-refractivity contribution >= 4 is 15.8 Å². The molecule has 5 heteroatoms. The summed E-state index contributed by atoms with van der Waals surface area (Å²) in [7, 11) is -4.13. The van der Waals surface area contributed by atoms with E-state index in [4.69, 9.17) is 4.55 Å². The van der Waals surface area contributed by atoms with Gasteiger partial charge >= 0.3 is 0 Å². The second-order valence-corrected chi connectivity index (χ2v) is 6.76. The molecular weight excluding hydrogens is 250 g/mol. The lowest BCUT2D eigenvalue weighted by atomic mass is 9.81. The first-order valence-electron chi connectivity index (χ1n) is 6.08. The van der Waals surface area contributed by atoms with Gasteiger partial charge in [-0.25, -0.2) is 0 Å². The first kappa shape index (κ1) is 13.4. The predicted molar refractivity (Wildman–Crippen MR) is 71.8 cm³/mol. The molecule has 0 radical (unpaired) electrons. The minimum absolute atomic E-state index is 0.0283. The van der Waals surface area contributed by atoms with Gasteiger partial charge in [0.15, 0.2) is 0 Å². The summed E-state index contributed by atoms with van der Waals surface area (Å²) in [5.74, 6) is 0. The Morgan fingerprint density at radius 1 is 1.39 bits per heavy atom. The summed E-state index contributed by atoms with van der Waals surface area (Å²) < 4.78 is 31.6. The van der Waals surface area contributed by atoms with Gasteiger partial charge < -0.3 is 4.90 Å². The van der Waals surface area contributed by atoms with Gasteiger partial charge in [0, 0.05) is 23.7 Å². The lowest BCUT2D eigenvalue weighted by Crippen LogP contribution is -2.38. The molecule has 0 spiro atoms. The van der Waals surface area contributed by atoms with Gasteiger partial charge in [-0.15, -0.1) is 0 Å². The number of fused-ring (bicyclic) bond motifs is 1. The summed E-state index contributed by atoms with van der Waals surface area (Å²) in [6.07, 6.45) is 0. The molecule has 0 saturated carbocycles. The van der Waals surface area contributed by atoms with E-state index >= 15 is 0 Å². The molecule has 1 N–H and O–H groups in total. The molecule has 0 amide bonds. The lowest BCUT2D eigenvalue weighted by Gasteiger charge is -2.30. The fraction of sp³-hybridized carbons (Fsp3) is 0.538. The van der Waals surface area contributed by atoms with Gasteiger partial charge in [-0.3, -0.25) is 4.55 Å². The van der Waals surface area contributed by atoms with E-state index in [1.807, 2.05) is 0 Å². The van der Waals surface area contributed by atoms with Crippen LogP contribution in [0.15, 0.2) is 23.1 Å². The van der Waals surface area contributed by atoms with E-state index < -0.39 is 10.1 Å². The van der Waals surface area contributed by atoms with Gasteiger partial charge in [-0.05, 0) is 37.6 Å². The summed E-state index contributed by atoms with van der Waals surface area (Å²) in [6.45, 7) is 9.29. The molecule has 4 nitrogen and oxygen atoms in total. The van der Waals surface area contributed by atoms with Crippen LogP contribution in [0.25, 0.3) is 0 Å². The Labute approximate surface area is 108 Å². The number of anilines is 1. The van der Waals surface area contributed by atoms with E-state index in [0.717, 1.165) is 17.8 Å². The Balaban J connectivity index is 2.65. The molecule has 2 rings (SSSR count). The first-order chi connectivity index (χ1) is 8.19. The van der Waals surface area contributed by atoms with E-state index in [0.29, 0.717) is 6.04 Å². The van der Waals surface area contributed by atoms with Crippen molar-refractivity contribution in [3.05, 3.63) is 23.8 Å². The van der Waals surface area contributed by atoms with Crippen LogP contribution in [0.4, 0.5) is 5.69 Å². The summed E-state index contributed by atoms with van der Waals surface area (Å²) in [5, 5.41) is 0. The molecule has 1 aliphatic rings. The number of hydrogen-bond donors (Lipinski definition) is 1. The minimum Gasteiger partial charge on any atom is -0.368 e. The van der Waals surface area contributed by atoms with Gasteiger partial charge in [-0.2, -0.15) is 8.42 Å². The van der Waals surface area contributed by atoms with Crippen LogP contribution in [0.1, 0.15) is 33.3 Å². The van der Waals surface area contributed by atoms with Crippen LogP contribution in [0.3, 0.4) is 0 Å². The maximum atomic E-state index is 11.2. The van der Waals surface area contributed by atoms with Gasteiger partial charge in [0.1, 0.15) is 0 Å². The topological polar surface area (TPSA) is 57.6 Å². The van der Waals surface area contributed by atoms with Crippen molar-refractivity contribution in [1.82, 2.24) is 0 Å². The number of rotatable bonds is 2. The maximum Gasteiger partial charge on any atom is 0.294 e. The Morgan fingerprint density at radius 2 is 2.00 bits per heavy atom. The average Bonchev–Trinajstić information content (AvgIpc) is 2.46. The predicted octanol–water partition coefficient (Wildman–Crippen LogP) is 2.44. The summed E-state index contributed by atoms with van der Waals surface area (Å²) >= 11 is 0. The summed E-state index contributed by atoms with van der Waals surface area (Å²) in [6, 6.07) is 5.14. The normalized spacial score (nSPS) is 22.1. The van der Waals surface area contributed by atoms with E-state index in [2.05, 4.69) is 32.6 Å². The van der Waals surface area contributed by atoms with Crippen molar-refractivity contribution in [3.63, 3.8) is 0 Å².